The molecular formula is C30H34F3N3O5S. The molecule has 0 bridgehead atoms. The highest BCUT2D eigenvalue weighted by Crippen LogP contribution is 2.35. The number of β-amino-alcohol motifs (C(OH)–C–C–N with tert-alkyl or cyclic N) is 1. The Morgan fingerprint density at radius 2 is 1.71 bits per heavy atom. The van der Waals surface area contributed by atoms with Crippen LogP contribution < -0.4 is 5.32 Å². The molecule has 12 heteroatoms. The molecule has 0 radical (unpaired) electrons. The highest BCUT2D eigenvalue weighted by molar-refractivity contribution is 7.89. The second-order valence-electron chi connectivity index (χ2n) is 11.4. The van der Waals surface area contributed by atoms with Gasteiger partial charge < -0.3 is 15.5 Å². The molecule has 4 rings (SSSR count). The second kappa shape index (κ2) is 12.1. The number of carboxylic acid groups (broad SMARTS) is 1. The highest BCUT2D eigenvalue weighted by Gasteiger charge is 2.34. The zero-order valence-corrected chi connectivity index (χ0v) is 24.3. The van der Waals surface area contributed by atoms with Gasteiger partial charge in [-0.15, -0.1) is 0 Å². The van der Waals surface area contributed by atoms with E-state index in [0.717, 1.165) is 35.7 Å². The number of benzene rings is 2. The van der Waals surface area contributed by atoms with Crippen LogP contribution in [0.2, 0.25) is 0 Å². The molecule has 0 spiro atoms. The van der Waals surface area contributed by atoms with Crippen LogP contribution in [0.25, 0.3) is 11.3 Å². The van der Waals surface area contributed by atoms with Gasteiger partial charge in [-0.1, -0.05) is 30.3 Å². The lowest BCUT2D eigenvalue weighted by Gasteiger charge is -2.31. The van der Waals surface area contributed by atoms with Gasteiger partial charge >= 0.3 is 12.1 Å². The van der Waals surface area contributed by atoms with Gasteiger partial charge in [-0.05, 0) is 80.5 Å². The van der Waals surface area contributed by atoms with Gasteiger partial charge in [0, 0.05) is 31.2 Å². The lowest BCUT2D eigenvalue weighted by Crippen LogP contribution is -2.47. The summed E-state index contributed by atoms with van der Waals surface area (Å²) in [5.41, 5.74) is 0.366. The standard InChI is InChI=1S/C30H34F3N3O5S/c1-29(2,16-19-11-20-7-4-5-8-21(20)12-19)34-17-24(37)18-36(3)42(40,41)25-14-22(13-23(15-25)30(31,32)33)26-9-6-10-27(35-26)28(38)39/h4-10,13-15,19,24,34,37H,11-12,16-18H2,1-3H3,(H,38,39)/t24-/m0/s1. The zero-order valence-electron chi connectivity index (χ0n) is 23.5. The number of alkyl halides is 3. The number of carbonyl (C=O) groups is 1. The SMILES string of the molecule is CN(C[C@@H](O)CNC(C)(C)CC1Cc2ccccc2C1)S(=O)(=O)c1cc(-c2cccc(C(=O)O)n2)cc(C(F)(F)F)c1. The molecule has 1 aromatic heterocycles. The number of sulfonamides is 1. The molecule has 8 nitrogen and oxygen atoms in total. The number of rotatable bonds is 11. The maximum absolute atomic E-state index is 13.7. The van der Waals surface area contributed by atoms with E-state index >= 15 is 0 Å². The molecule has 1 aliphatic carbocycles. The molecule has 0 unspecified atom stereocenters. The Balaban J connectivity index is 1.46. The van der Waals surface area contributed by atoms with E-state index in [-0.39, 0.29) is 29.9 Å². The van der Waals surface area contributed by atoms with Gasteiger partial charge in [-0.25, -0.2) is 18.2 Å². The van der Waals surface area contributed by atoms with Crippen LogP contribution >= 0.6 is 0 Å². The first-order chi connectivity index (χ1) is 19.5. The minimum atomic E-state index is -4.88. The van der Waals surface area contributed by atoms with Crippen molar-refractivity contribution in [2.45, 2.75) is 55.8 Å². The third-order valence-electron chi connectivity index (χ3n) is 7.42. The van der Waals surface area contributed by atoms with Crippen molar-refractivity contribution < 1.29 is 36.6 Å². The lowest BCUT2D eigenvalue weighted by molar-refractivity contribution is -0.137. The normalized spacial score (nSPS) is 15.1. The van der Waals surface area contributed by atoms with E-state index in [4.69, 9.17) is 0 Å². The first-order valence-corrected chi connectivity index (χ1v) is 14.9. The Kier molecular flexibility index (Phi) is 9.12. The smallest absolute Gasteiger partial charge is 0.416 e. The van der Waals surface area contributed by atoms with Gasteiger partial charge in [0.25, 0.3) is 0 Å². The summed E-state index contributed by atoms with van der Waals surface area (Å²) in [6, 6.07) is 14.3. The third-order valence-corrected chi connectivity index (χ3v) is 9.23. The number of aliphatic hydroxyl groups excluding tert-OH is 1. The van der Waals surface area contributed by atoms with E-state index in [1.54, 1.807) is 0 Å². The summed E-state index contributed by atoms with van der Waals surface area (Å²) >= 11 is 0. The molecule has 42 heavy (non-hydrogen) atoms. The molecule has 0 saturated carbocycles. The van der Waals surface area contributed by atoms with Crippen LogP contribution in [-0.2, 0) is 29.0 Å². The van der Waals surface area contributed by atoms with Gasteiger partial charge in [-0.3, -0.25) is 0 Å². The average molecular weight is 606 g/mol. The van der Waals surface area contributed by atoms with Crippen LogP contribution in [0.15, 0.2) is 65.6 Å². The Labute approximate surface area is 243 Å². The van der Waals surface area contributed by atoms with Crippen molar-refractivity contribution in [2.75, 3.05) is 20.1 Å². The van der Waals surface area contributed by atoms with Gasteiger partial charge in [0.1, 0.15) is 5.69 Å². The van der Waals surface area contributed by atoms with Crippen molar-refractivity contribution in [1.29, 1.82) is 0 Å². The summed E-state index contributed by atoms with van der Waals surface area (Å²) in [7, 11) is -3.29. The fourth-order valence-electron chi connectivity index (χ4n) is 5.40. The zero-order chi connectivity index (χ0) is 30.9. The molecule has 0 aliphatic heterocycles. The first-order valence-electron chi connectivity index (χ1n) is 13.4. The minimum Gasteiger partial charge on any atom is -0.477 e. The van der Waals surface area contributed by atoms with Crippen LogP contribution in [0.4, 0.5) is 13.2 Å². The Morgan fingerprint density at radius 1 is 1.07 bits per heavy atom. The third kappa shape index (κ3) is 7.54. The monoisotopic (exact) mass is 605 g/mol. The number of likely N-dealkylation sites (N-methyl/N-ethyl adjacent to an activating group) is 1. The number of hydrogen-bond donors (Lipinski definition) is 3. The molecular weight excluding hydrogens is 571 g/mol. The molecule has 0 fully saturated rings. The summed E-state index contributed by atoms with van der Waals surface area (Å²) in [6.45, 7) is 3.74. The van der Waals surface area contributed by atoms with Crippen molar-refractivity contribution in [2.24, 2.45) is 5.92 Å². The molecule has 0 saturated heterocycles. The predicted molar refractivity (Wildman–Crippen MR) is 151 cm³/mol. The molecule has 226 valence electrons. The van der Waals surface area contributed by atoms with E-state index in [1.165, 1.54) is 36.4 Å². The molecule has 0 amide bonds. The number of nitrogens with one attached hydrogen (secondary N) is 1. The number of carboxylic acids is 1. The average Bonchev–Trinajstić information content (AvgIpc) is 3.32. The van der Waals surface area contributed by atoms with Crippen LogP contribution in [0.3, 0.4) is 0 Å². The molecule has 3 aromatic rings. The number of pyridine rings is 1. The van der Waals surface area contributed by atoms with Crippen molar-refractivity contribution in [1.82, 2.24) is 14.6 Å². The van der Waals surface area contributed by atoms with E-state index in [1.807, 2.05) is 26.0 Å². The second-order valence-corrected chi connectivity index (χ2v) is 13.5. The van der Waals surface area contributed by atoms with Gasteiger partial charge in [0.2, 0.25) is 10.0 Å². The van der Waals surface area contributed by atoms with Gasteiger partial charge in [0.15, 0.2) is 0 Å². The summed E-state index contributed by atoms with van der Waals surface area (Å²) in [5.74, 6) is -0.943. The van der Waals surface area contributed by atoms with Crippen LogP contribution in [-0.4, -0.2) is 65.7 Å². The van der Waals surface area contributed by atoms with Crippen molar-refractivity contribution in [3.05, 3.63) is 83.0 Å². The summed E-state index contributed by atoms with van der Waals surface area (Å²) < 4.78 is 68.7. The minimum absolute atomic E-state index is 0.0757. The molecule has 1 atom stereocenters. The first kappa shape index (κ1) is 31.6. The number of fused-ring (bicyclic) bond motifs is 1. The van der Waals surface area contributed by atoms with Crippen LogP contribution in [0.5, 0.6) is 0 Å². The topological polar surface area (TPSA) is 120 Å². The number of hydrogen-bond acceptors (Lipinski definition) is 6. The number of halogens is 3. The van der Waals surface area contributed by atoms with Crippen molar-refractivity contribution in [3.8, 4) is 11.3 Å². The summed E-state index contributed by atoms with van der Waals surface area (Å²) in [4.78, 5) is 14.5. The van der Waals surface area contributed by atoms with Crippen molar-refractivity contribution >= 4 is 16.0 Å². The molecule has 1 heterocycles. The number of nitrogens with zero attached hydrogens (tertiary/aromatic N) is 2. The maximum atomic E-state index is 13.7. The number of aromatic carboxylic acids is 1. The number of aromatic nitrogens is 1. The Hall–Kier alpha value is -3.32. The van der Waals surface area contributed by atoms with Gasteiger partial charge in [-0.2, -0.15) is 17.5 Å². The lowest BCUT2D eigenvalue weighted by atomic mass is 9.88. The van der Waals surface area contributed by atoms with Crippen LogP contribution in [0, 0.1) is 5.92 Å². The molecule has 3 N–H and O–H groups in total. The highest BCUT2D eigenvalue weighted by atomic mass is 32.2. The van der Waals surface area contributed by atoms with E-state index in [9.17, 15) is 36.6 Å². The Bertz CT molecular complexity index is 1530. The maximum Gasteiger partial charge on any atom is 0.416 e. The summed E-state index contributed by atoms with van der Waals surface area (Å²) in [5, 5.41) is 23.2. The van der Waals surface area contributed by atoms with E-state index < -0.39 is 44.4 Å². The quantitative estimate of drug-likeness (QED) is 0.292. The fraction of sp³-hybridized carbons (Fsp3) is 0.400. The Morgan fingerprint density at radius 3 is 2.31 bits per heavy atom. The van der Waals surface area contributed by atoms with Gasteiger partial charge in [0.05, 0.1) is 22.3 Å². The van der Waals surface area contributed by atoms with Crippen molar-refractivity contribution in [3.63, 3.8) is 0 Å². The predicted octanol–water partition coefficient (Wildman–Crippen LogP) is 4.62. The van der Waals surface area contributed by atoms with Crippen LogP contribution in [0.1, 0.15) is 47.4 Å². The summed E-state index contributed by atoms with van der Waals surface area (Å²) in [6.07, 6.45) is -3.23. The molecule has 2 aromatic carbocycles. The molecule has 1 aliphatic rings. The van der Waals surface area contributed by atoms with E-state index in [2.05, 4.69) is 22.4 Å². The number of aliphatic hydroxyl groups is 1. The largest absolute Gasteiger partial charge is 0.477 e. The van der Waals surface area contributed by atoms with E-state index in [0.29, 0.717) is 12.0 Å². The fourth-order valence-corrected chi connectivity index (χ4v) is 6.68.